The number of amides is 1. The number of anilines is 1. The highest BCUT2D eigenvalue weighted by atomic mass is 19.1. The molecule has 1 fully saturated rings. The topological polar surface area (TPSA) is 118 Å². The SMILES string of the molecule is COC(=O)c1cc(NC(=O)C2CCOCC2)c(C(=N)C(C)C)c([NH2+]c2ccc(F)cc2)n1. The van der Waals surface area contributed by atoms with Gasteiger partial charge < -0.3 is 20.2 Å². The molecule has 1 aromatic carbocycles. The number of nitrogens with two attached hydrogens (primary N) is 1. The van der Waals surface area contributed by atoms with Crippen LogP contribution < -0.4 is 10.6 Å². The lowest BCUT2D eigenvalue weighted by molar-refractivity contribution is -0.483. The summed E-state index contributed by atoms with van der Waals surface area (Å²) in [5.41, 5.74) is 1.63. The highest BCUT2D eigenvalue weighted by molar-refractivity contribution is 6.10. The molecule has 0 unspecified atom stereocenters. The molecular formula is C23H28FN4O4+. The number of hydrogen-bond acceptors (Lipinski definition) is 6. The molecule has 0 atom stereocenters. The van der Waals surface area contributed by atoms with Crippen LogP contribution in [-0.4, -0.2) is 42.9 Å². The van der Waals surface area contributed by atoms with Crippen LogP contribution in [0.3, 0.4) is 0 Å². The number of aromatic nitrogens is 1. The fourth-order valence-electron chi connectivity index (χ4n) is 3.46. The first-order valence-electron chi connectivity index (χ1n) is 10.5. The van der Waals surface area contributed by atoms with Gasteiger partial charge in [-0.1, -0.05) is 13.8 Å². The summed E-state index contributed by atoms with van der Waals surface area (Å²) in [5.74, 6) is -1.30. The molecule has 4 N–H and O–H groups in total. The molecule has 9 heteroatoms. The Morgan fingerprint density at radius 2 is 1.91 bits per heavy atom. The Hall–Kier alpha value is -3.17. The molecule has 1 saturated heterocycles. The number of hydrogen-bond donors (Lipinski definition) is 3. The quantitative estimate of drug-likeness (QED) is 0.345. The summed E-state index contributed by atoms with van der Waals surface area (Å²) in [4.78, 5) is 29.6. The van der Waals surface area contributed by atoms with Gasteiger partial charge in [-0.25, -0.2) is 9.18 Å². The molecule has 32 heavy (non-hydrogen) atoms. The fraction of sp³-hybridized carbons (Fsp3) is 0.391. The predicted molar refractivity (Wildman–Crippen MR) is 117 cm³/mol. The van der Waals surface area contributed by atoms with Crippen LogP contribution in [0.4, 0.5) is 21.6 Å². The molecule has 0 bridgehead atoms. The number of halogens is 1. The lowest BCUT2D eigenvalue weighted by Gasteiger charge is -2.23. The summed E-state index contributed by atoms with van der Waals surface area (Å²) in [6.45, 7) is 4.75. The molecule has 0 saturated carbocycles. The largest absolute Gasteiger partial charge is 0.464 e. The van der Waals surface area contributed by atoms with Gasteiger partial charge in [0.05, 0.1) is 18.5 Å². The Morgan fingerprint density at radius 3 is 2.50 bits per heavy atom. The normalized spacial score (nSPS) is 14.3. The third-order valence-corrected chi connectivity index (χ3v) is 5.31. The van der Waals surface area contributed by atoms with E-state index >= 15 is 0 Å². The minimum Gasteiger partial charge on any atom is -0.464 e. The van der Waals surface area contributed by atoms with Crippen LogP contribution in [-0.2, 0) is 14.3 Å². The Morgan fingerprint density at radius 1 is 1.25 bits per heavy atom. The highest BCUT2D eigenvalue weighted by Crippen LogP contribution is 2.27. The third kappa shape index (κ3) is 5.54. The molecule has 0 radical (unpaired) electrons. The van der Waals surface area contributed by atoms with E-state index in [2.05, 4.69) is 10.3 Å². The van der Waals surface area contributed by atoms with Crippen LogP contribution in [0, 0.1) is 23.1 Å². The number of ether oxygens (including phenoxy) is 2. The van der Waals surface area contributed by atoms with Gasteiger partial charge >= 0.3 is 5.97 Å². The van der Waals surface area contributed by atoms with Crippen molar-refractivity contribution in [2.45, 2.75) is 26.7 Å². The van der Waals surface area contributed by atoms with Crippen LogP contribution in [0.15, 0.2) is 30.3 Å². The fourth-order valence-corrected chi connectivity index (χ4v) is 3.46. The second-order valence-corrected chi connectivity index (χ2v) is 7.95. The minimum atomic E-state index is -0.664. The molecular weight excluding hydrogens is 415 g/mol. The van der Waals surface area contributed by atoms with Crippen molar-refractivity contribution >= 4 is 34.8 Å². The predicted octanol–water partition coefficient (Wildman–Crippen LogP) is 2.92. The molecule has 1 amide bonds. The molecule has 3 rings (SSSR count). The smallest absolute Gasteiger partial charge is 0.356 e. The van der Waals surface area contributed by atoms with Gasteiger partial charge in [-0.2, -0.15) is 4.98 Å². The van der Waals surface area contributed by atoms with Crippen molar-refractivity contribution in [3.63, 3.8) is 0 Å². The monoisotopic (exact) mass is 443 g/mol. The standard InChI is InChI=1S/C23H27FN4O4/c1-13(2)20(25)19-17(28-22(29)14-8-10-32-11-9-14)12-18(23(30)31-3)27-21(19)26-16-6-4-15(24)5-7-16/h4-7,12-14,25H,8-11H2,1-3H3,(H2,26,27,28,29)/p+1. The van der Waals surface area contributed by atoms with E-state index in [4.69, 9.17) is 14.9 Å². The van der Waals surface area contributed by atoms with E-state index in [1.54, 1.807) is 17.4 Å². The van der Waals surface area contributed by atoms with E-state index in [-0.39, 0.29) is 35.0 Å². The lowest BCUT2D eigenvalue weighted by atomic mass is 9.96. The first-order chi connectivity index (χ1) is 15.3. The van der Waals surface area contributed by atoms with Crippen molar-refractivity contribution in [3.05, 3.63) is 47.4 Å². The van der Waals surface area contributed by atoms with E-state index in [1.165, 1.54) is 25.3 Å². The molecule has 1 aliphatic rings. The van der Waals surface area contributed by atoms with Crippen LogP contribution in [0.2, 0.25) is 0 Å². The van der Waals surface area contributed by atoms with Gasteiger partial charge in [-0.3, -0.25) is 10.1 Å². The zero-order valence-corrected chi connectivity index (χ0v) is 18.4. The van der Waals surface area contributed by atoms with Gasteiger partial charge in [0.1, 0.15) is 17.1 Å². The Kier molecular flexibility index (Phi) is 7.66. The molecule has 1 aromatic heterocycles. The average molecular weight is 443 g/mol. The number of benzene rings is 1. The minimum absolute atomic E-state index is 0.00319. The van der Waals surface area contributed by atoms with Crippen molar-refractivity contribution in [2.75, 3.05) is 25.6 Å². The van der Waals surface area contributed by atoms with Crippen molar-refractivity contribution in [1.82, 2.24) is 4.98 Å². The van der Waals surface area contributed by atoms with Crippen molar-refractivity contribution in [2.24, 2.45) is 11.8 Å². The number of methoxy groups -OCH3 is 1. The van der Waals surface area contributed by atoms with Crippen molar-refractivity contribution in [3.8, 4) is 0 Å². The van der Waals surface area contributed by atoms with Gasteiger partial charge in [-0.05, 0) is 37.0 Å². The second-order valence-electron chi connectivity index (χ2n) is 7.95. The van der Waals surface area contributed by atoms with Gasteiger partial charge in [0.25, 0.3) is 0 Å². The van der Waals surface area contributed by atoms with Gasteiger partial charge in [0.15, 0.2) is 5.69 Å². The summed E-state index contributed by atoms with van der Waals surface area (Å²) in [6, 6.07) is 7.22. The summed E-state index contributed by atoms with van der Waals surface area (Å²) < 4.78 is 23.5. The van der Waals surface area contributed by atoms with E-state index in [0.717, 1.165) is 0 Å². The number of nitrogens with one attached hydrogen (secondary N) is 2. The van der Waals surface area contributed by atoms with Crippen LogP contribution >= 0.6 is 0 Å². The Balaban J connectivity index is 2.08. The Labute approximate surface area is 186 Å². The molecule has 1 aliphatic heterocycles. The number of rotatable bonds is 7. The van der Waals surface area contributed by atoms with E-state index in [9.17, 15) is 14.0 Å². The molecule has 8 nitrogen and oxygen atoms in total. The van der Waals surface area contributed by atoms with Gasteiger partial charge in [-0.15, -0.1) is 0 Å². The first kappa shape index (κ1) is 23.5. The Bertz CT molecular complexity index is 1000. The van der Waals surface area contributed by atoms with Crippen molar-refractivity contribution in [1.29, 1.82) is 5.41 Å². The zero-order valence-electron chi connectivity index (χ0n) is 18.4. The highest BCUT2D eigenvalue weighted by Gasteiger charge is 2.28. The number of quaternary nitrogens is 1. The maximum absolute atomic E-state index is 13.4. The summed E-state index contributed by atoms with van der Waals surface area (Å²) in [5, 5.41) is 13.2. The first-order valence-corrected chi connectivity index (χ1v) is 10.5. The molecule has 170 valence electrons. The van der Waals surface area contributed by atoms with Crippen LogP contribution in [0.5, 0.6) is 0 Å². The van der Waals surface area contributed by atoms with Gasteiger partial charge in [0.2, 0.25) is 11.7 Å². The average Bonchev–Trinajstić information content (AvgIpc) is 2.80. The lowest BCUT2D eigenvalue weighted by Crippen LogP contribution is -2.72. The molecule has 0 spiro atoms. The van der Waals surface area contributed by atoms with Crippen LogP contribution in [0.1, 0.15) is 42.7 Å². The number of carbonyl (C=O) groups is 2. The maximum atomic E-state index is 13.4. The molecule has 0 aliphatic carbocycles. The summed E-state index contributed by atoms with van der Waals surface area (Å²) in [6.07, 6.45) is 1.21. The number of esters is 1. The summed E-state index contributed by atoms with van der Waals surface area (Å²) >= 11 is 0. The molecule has 2 aromatic rings. The number of pyridine rings is 1. The number of carbonyl (C=O) groups excluding carboxylic acids is 2. The number of nitrogens with zero attached hydrogens (tertiary/aromatic N) is 1. The third-order valence-electron chi connectivity index (χ3n) is 5.31. The van der Waals surface area contributed by atoms with Gasteiger partial charge in [0, 0.05) is 31.3 Å². The summed E-state index contributed by atoms with van der Waals surface area (Å²) in [7, 11) is 1.25. The maximum Gasteiger partial charge on any atom is 0.356 e. The zero-order chi connectivity index (χ0) is 23.3. The van der Waals surface area contributed by atoms with Crippen molar-refractivity contribution < 1.29 is 28.8 Å². The van der Waals surface area contributed by atoms with E-state index in [1.807, 2.05) is 13.8 Å². The van der Waals surface area contributed by atoms with E-state index in [0.29, 0.717) is 48.8 Å². The van der Waals surface area contributed by atoms with E-state index < -0.39 is 5.97 Å². The molecule has 2 heterocycles. The van der Waals surface area contributed by atoms with Crippen LogP contribution in [0.25, 0.3) is 0 Å². The second kappa shape index (κ2) is 10.4.